The van der Waals surface area contributed by atoms with E-state index in [0.717, 1.165) is 106 Å². The number of benzene rings is 5. The average Bonchev–Trinajstić information content (AvgIpc) is 3.33. The number of rotatable bonds is 5. The van der Waals surface area contributed by atoms with Gasteiger partial charge in [0.1, 0.15) is 0 Å². The van der Waals surface area contributed by atoms with Gasteiger partial charge in [-0.15, -0.1) is 0 Å². The van der Waals surface area contributed by atoms with Crippen LogP contribution in [-0.4, -0.2) is 31.0 Å². The van der Waals surface area contributed by atoms with E-state index in [9.17, 15) is 0 Å². The van der Waals surface area contributed by atoms with Gasteiger partial charge in [-0.1, -0.05) is 127 Å². The molecule has 6 nitrogen and oxygen atoms in total. The van der Waals surface area contributed by atoms with Gasteiger partial charge in [0.05, 0.1) is 50.5 Å². The van der Waals surface area contributed by atoms with Gasteiger partial charge in [-0.25, -0.2) is 15.0 Å². The molecule has 1 N–H and O–H groups in total. The first kappa shape index (κ1) is 34.2. The molecule has 0 fully saturated rings. The molecule has 0 radical (unpaired) electrons. The van der Waals surface area contributed by atoms with E-state index in [-0.39, 0.29) is 12.0 Å². The van der Waals surface area contributed by atoms with Crippen LogP contribution in [0, 0.1) is 5.92 Å². The Morgan fingerprint density at radius 3 is 2.07 bits per heavy atom. The molecule has 60 heavy (non-hydrogen) atoms. The first-order chi connectivity index (χ1) is 29.7. The Kier molecular flexibility index (Phi) is 7.95. The quantitative estimate of drug-likeness (QED) is 0.176. The Morgan fingerprint density at radius 2 is 1.22 bits per heavy atom. The summed E-state index contributed by atoms with van der Waals surface area (Å²) in [5.74, 6) is 0.240. The van der Waals surface area contributed by atoms with Crippen molar-refractivity contribution in [3.63, 3.8) is 0 Å². The molecular formula is C54H36N6. The van der Waals surface area contributed by atoms with Crippen LogP contribution in [0.3, 0.4) is 0 Å². The molecule has 6 heteroatoms. The van der Waals surface area contributed by atoms with Crippen LogP contribution in [0.15, 0.2) is 170 Å². The molecule has 0 bridgehead atoms. The third kappa shape index (κ3) is 5.92. The molecule has 282 valence electrons. The lowest BCUT2D eigenvalue weighted by Crippen LogP contribution is -2.37. The van der Waals surface area contributed by atoms with Crippen molar-refractivity contribution in [3.8, 4) is 44.9 Å². The minimum absolute atomic E-state index is 0.123. The Labute approximate surface area is 346 Å². The molecule has 2 aliphatic rings. The number of hydrogen-bond donors (Lipinski definition) is 1. The van der Waals surface area contributed by atoms with E-state index in [1.165, 1.54) is 10.8 Å². The number of anilines is 1. The molecule has 0 spiro atoms. The van der Waals surface area contributed by atoms with Crippen molar-refractivity contribution in [2.75, 3.05) is 5.32 Å². The minimum Gasteiger partial charge on any atom is -0.378 e. The fourth-order valence-corrected chi connectivity index (χ4v) is 8.96. The first-order valence-electron chi connectivity index (χ1n) is 20.5. The fraction of sp³-hybridized carbons (Fsp3) is 0.0556. The van der Waals surface area contributed by atoms with Gasteiger partial charge in [-0.05, 0) is 76.9 Å². The van der Waals surface area contributed by atoms with Crippen LogP contribution < -0.4 is 15.9 Å². The summed E-state index contributed by atoms with van der Waals surface area (Å²) in [4.78, 5) is 25.0. The fourth-order valence-electron chi connectivity index (χ4n) is 8.96. The smallest absolute Gasteiger partial charge is 0.0972 e. The predicted molar refractivity (Wildman–Crippen MR) is 246 cm³/mol. The van der Waals surface area contributed by atoms with E-state index in [2.05, 4.69) is 156 Å². The summed E-state index contributed by atoms with van der Waals surface area (Å²) in [7, 11) is 0. The van der Waals surface area contributed by atoms with Gasteiger partial charge in [0.2, 0.25) is 0 Å². The largest absolute Gasteiger partial charge is 0.378 e. The highest BCUT2D eigenvalue weighted by molar-refractivity contribution is 6.09. The average molecular weight is 769 g/mol. The monoisotopic (exact) mass is 768 g/mol. The molecule has 0 saturated heterocycles. The minimum atomic E-state index is 0.123. The van der Waals surface area contributed by atoms with Gasteiger partial charge in [0.15, 0.2) is 0 Å². The molecular weight excluding hydrogens is 733 g/mol. The van der Waals surface area contributed by atoms with Crippen LogP contribution in [0.4, 0.5) is 5.69 Å². The molecule has 10 aromatic rings. The van der Waals surface area contributed by atoms with E-state index in [1.807, 2.05) is 42.7 Å². The number of pyridine rings is 5. The van der Waals surface area contributed by atoms with Gasteiger partial charge in [0, 0.05) is 62.2 Å². The summed E-state index contributed by atoms with van der Waals surface area (Å²) >= 11 is 0. The highest BCUT2D eigenvalue weighted by Gasteiger charge is 2.23. The maximum atomic E-state index is 5.27. The van der Waals surface area contributed by atoms with Crippen LogP contribution in [0.5, 0.6) is 0 Å². The third-order valence-corrected chi connectivity index (χ3v) is 12.1. The molecule has 5 aromatic heterocycles. The zero-order valence-electron chi connectivity index (χ0n) is 32.5. The number of aromatic nitrogens is 5. The zero-order chi connectivity index (χ0) is 39.6. The van der Waals surface area contributed by atoms with Gasteiger partial charge in [0.25, 0.3) is 0 Å². The topological polar surface area (TPSA) is 76.5 Å². The van der Waals surface area contributed by atoms with Crippen molar-refractivity contribution in [2.45, 2.75) is 12.5 Å². The number of fused-ring (bicyclic) bond motifs is 8. The predicted octanol–water partition coefficient (Wildman–Crippen LogP) is 11.0. The lowest BCUT2D eigenvalue weighted by atomic mass is 9.88. The third-order valence-electron chi connectivity index (χ3n) is 12.1. The van der Waals surface area contributed by atoms with E-state index < -0.39 is 0 Å². The molecule has 2 unspecified atom stereocenters. The number of nitrogens with zero attached hydrogens (tertiary/aromatic N) is 5. The SMILES string of the molecule is C1=CC(C2C=c3nc(-c4cc5cccnc5c5ncccc45)ccc3=CC2)Nc2cc(-c3cccc(-c4ccc5ccc6ccc(-c7ccccc7)nc6c5n4)c3)ccc21. The van der Waals surface area contributed by atoms with Crippen molar-refractivity contribution in [2.24, 2.45) is 5.92 Å². The second kappa shape index (κ2) is 13.9. The standard InChI is InChI=1S/C54H36N6/c1-2-7-33(8-3-1)45-24-21-36-15-16-37-22-25-47(60-53(37)52(36)59-45)40-10-4-9-38(29-40)39-17-13-34-19-23-46(57-49(34)31-39)41-18-14-35-20-26-48(58-50(35)32-41)44-30-42-11-5-27-55-51(42)54-43(44)12-6-28-56-54/h1-17,19-32,41,46,57H,18H2. The van der Waals surface area contributed by atoms with Crippen LogP contribution in [-0.2, 0) is 0 Å². The molecule has 1 aliphatic heterocycles. The van der Waals surface area contributed by atoms with Crippen LogP contribution in [0.25, 0.3) is 107 Å². The summed E-state index contributed by atoms with van der Waals surface area (Å²) in [6.45, 7) is 0. The van der Waals surface area contributed by atoms with E-state index >= 15 is 0 Å². The lowest BCUT2D eigenvalue weighted by molar-refractivity contribution is 0.650. The summed E-state index contributed by atoms with van der Waals surface area (Å²) in [6, 6.07) is 53.3. The molecule has 0 saturated carbocycles. The van der Waals surface area contributed by atoms with Crippen molar-refractivity contribution < 1.29 is 0 Å². The molecule has 5 aromatic carbocycles. The molecule has 2 atom stereocenters. The van der Waals surface area contributed by atoms with E-state index in [0.29, 0.717) is 0 Å². The van der Waals surface area contributed by atoms with Crippen LogP contribution in [0.2, 0.25) is 0 Å². The summed E-state index contributed by atoms with van der Waals surface area (Å²) in [5.41, 5.74) is 14.3. The Balaban J connectivity index is 0.844. The van der Waals surface area contributed by atoms with Gasteiger partial charge in [-0.3, -0.25) is 9.97 Å². The van der Waals surface area contributed by atoms with Crippen LogP contribution >= 0.6 is 0 Å². The van der Waals surface area contributed by atoms with E-state index in [4.69, 9.17) is 19.9 Å². The van der Waals surface area contributed by atoms with Gasteiger partial charge < -0.3 is 5.32 Å². The molecule has 6 heterocycles. The lowest BCUT2D eigenvalue weighted by Gasteiger charge is -2.29. The number of nitrogens with one attached hydrogen (secondary N) is 1. The van der Waals surface area contributed by atoms with Gasteiger partial charge in [-0.2, -0.15) is 0 Å². The van der Waals surface area contributed by atoms with Gasteiger partial charge >= 0.3 is 0 Å². The van der Waals surface area contributed by atoms with Crippen molar-refractivity contribution in [3.05, 3.63) is 186 Å². The van der Waals surface area contributed by atoms with Crippen LogP contribution in [0.1, 0.15) is 12.0 Å². The molecule has 1 aliphatic carbocycles. The Bertz CT molecular complexity index is 3520. The second-order valence-corrected chi connectivity index (χ2v) is 15.7. The molecule has 12 rings (SSSR count). The highest BCUT2D eigenvalue weighted by atomic mass is 14.9. The Hall–Kier alpha value is -7.83. The zero-order valence-corrected chi connectivity index (χ0v) is 32.5. The van der Waals surface area contributed by atoms with Crippen molar-refractivity contribution in [1.82, 2.24) is 24.9 Å². The molecule has 0 amide bonds. The second-order valence-electron chi connectivity index (χ2n) is 15.7. The summed E-state index contributed by atoms with van der Waals surface area (Å²) < 4.78 is 0. The summed E-state index contributed by atoms with van der Waals surface area (Å²) in [6.07, 6.45) is 13.8. The van der Waals surface area contributed by atoms with Crippen molar-refractivity contribution >= 4 is 67.5 Å². The van der Waals surface area contributed by atoms with E-state index in [1.54, 1.807) is 0 Å². The normalized spacial score (nSPS) is 15.6. The van der Waals surface area contributed by atoms with Crippen molar-refractivity contribution in [1.29, 1.82) is 0 Å². The highest BCUT2D eigenvalue weighted by Crippen LogP contribution is 2.36. The maximum absolute atomic E-state index is 5.27. The Morgan fingerprint density at radius 1 is 0.500 bits per heavy atom. The maximum Gasteiger partial charge on any atom is 0.0972 e. The summed E-state index contributed by atoms with van der Waals surface area (Å²) in [5, 5.41) is 10.3. The first-order valence-corrected chi connectivity index (χ1v) is 20.5. The number of hydrogen-bond acceptors (Lipinski definition) is 6.